The molecule has 0 aliphatic carbocycles. The maximum atomic E-state index is 12.1. The van der Waals surface area contributed by atoms with Crippen LogP contribution in [-0.2, 0) is 6.30 Å². The fraction of sp³-hybridized carbons (Fsp3) is 0.500. The van der Waals surface area contributed by atoms with Crippen LogP contribution in [0.1, 0.15) is 24.2 Å². The number of halogens is 3. The van der Waals surface area contributed by atoms with Gasteiger partial charge in [-0.15, -0.1) is 13.2 Å². The van der Waals surface area contributed by atoms with Crippen LogP contribution in [0.3, 0.4) is 0 Å². The molecule has 14 heavy (non-hydrogen) atoms. The highest BCUT2D eigenvalue weighted by atomic mass is 19.4. The summed E-state index contributed by atoms with van der Waals surface area (Å²) in [6.07, 6.45) is -2.94. The molecule has 78 valence electrons. The van der Waals surface area contributed by atoms with Gasteiger partial charge < -0.3 is 0 Å². The predicted octanol–water partition coefficient (Wildman–Crippen LogP) is 2.20. The molecule has 0 aliphatic heterocycles. The second-order valence-electron chi connectivity index (χ2n) is 3.16. The molecule has 0 spiro atoms. The molecule has 0 radical (unpaired) electrons. The van der Waals surface area contributed by atoms with Crippen LogP contribution in [0.5, 0.6) is 0 Å². The van der Waals surface area contributed by atoms with Gasteiger partial charge in [0, 0.05) is 12.1 Å². The summed E-state index contributed by atoms with van der Waals surface area (Å²) in [5.41, 5.74) is -0.0164. The Hall–Kier alpha value is -1.33. The summed E-state index contributed by atoms with van der Waals surface area (Å²) >= 11 is 0. The van der Waals surface area contributed by atoms with Crippen LogP contribution >= 0.6 is 0 Å². The maximum absolute atomic E-state index is 12.1. The van der Waals surface area contributed by atoms with Crippen molar-refractivity contribution in [3.05, 3.63) is 18.0 Å². The lowest BCUT2D eigenvalue weighted by atomic mass is 10.1. The molecular weight excluding hydrogens is 197 g/mol. The van der Waals surface area contributed by atoms with Crippen molar-refractivity contribution >= 4 is 5.78 Å². The van der Waals surface area contributed by atoms with E-state index in [9.17, 15) is 18.0 Å². The minimum Gasteiger partial charge on any atom is -0.294 e. The Balaban J connectivity index is 2.95. The average Bonchev–Trinajstić information content (AvgIpc) is 2.49. The maximum Gasteiger partial charge on any atom is 0.504 e. The standard InChI is InChI=1S/C8H9F3N2O/c1-5(2)7(14)6-3-12-13(4-6)8(9,10)11/h3-5H,1-2H3. The number of hydrogen-bond acceptors (Lipinski definition) is 2. The number of nitrogens with zero attached hydrogens (tertiary/aromatic N) is 2. The SMILES string of the molecule is CC(C)C(=O)c1cnn(C(F)(F)F)c1. The Bertz CT molecular complexity index is 341. The molecule has 0 amide bonds. The van der Waals surface area contributed by atoms with Gasteiger partial charge >= 0.3 is 6.30 Å². The largest absolute Gasteiger partial charge is 0.504 e. The number of rotatable bonds is 2. The van der Waals surface area contributed by atoms with Crippen LogP contribution in [0.4, 0.5) is 13.2 Å². The number of aromatic nitrogens is 2. The molecule has 0 bridgehead atoms. The van der Waals surface area contributed by atoms with Crippen molar-refractivity contribution in [2.75, 3.05) is 0 Å². The van der Waals surface area contributed by atoms with E-state index in [4.69, 9.17) is 0 Å². The monoisotopic (exact) mass is 206 g/mol. The fourth-order valence-electron chi connectivity index (χ4n) is 0.922. The average molecular weight is 206 g/mol. The van der Waals surface area contributed by atoms with Crippen molar-refractivity contribution in [2.45, 2.75) is 20.1 Å². The van der Waals surface area contributed by atoms with Gasteiger partial charge in [-0.2, -0.15) is 9.78 Å². The van der Waals surface area contributed by atoms with Crippen LogP contribution in [0.2, 0.25) is 0 Å². The van der Waals surface area contributed by atoms with Crippen molar-refractivity contribution in [3.8, 4) is 0 Å². The lowest BCUT2D eigenvalue weighted by Crippen LogP contribution is -2.17. The lowest BCUT2D eigenvalue weighted by Gasteiger charge is -2.04. The second-order valence-corrected chi connectivity index (χ2v) is 3.16. The predicted molar refractivity (Wildman–Crippen MR) is 42.7 cm³/mol. The zero-order chi connectivity index (χ0) is 10.9. The topological polar surface area (TPSA) is 34.9 Å². The highest BCUT2D eigenvalue weighted by Crippen LogP contribution is 2.21. The summed E-state index contributed by atoms with van der Waals surface area (Å²) < 4.78 is 36.0. The zero-order valence-electron chi connectivity index (χ0n) is 7.67. The number of ketones is 1. The molecule has 6 heteroatoms. The van der Waals surface area contributed by atoms with Gasteiger partial charge in [0.05, 0.1) is 11.8 Å². The van der Waals surface area contributed by atoms with Crippen molar-refractivity contribution in [1.82, 2.24) is 9.78 Å². The molecule has 0 N–H and O–H groups in total. The summed E-state index contributed by atoms with van der Waals surface area (Å²) in [5.74, 6) is -0.679. The first-order valence-corrected chi connectivity index (χ1v) is 3.98. The molecule has 1 rings (SSSR count). The molecule has 1 aromatic heterocycles. The Morgan fingerprint density at radius 3 is 2.43 bits per heavy atom. The number of carbonyl (C=O) groups excluding carboxylic acids is 1. The van der Waals surface area contributed by atoms with E-state index in [1.54, 1.807) is 13.8 Å². The van der Waals surface area contributed by atoms with E-state index in [0.717, 1.165) is 6.20 Å². The van der Waals surface area contributed by atoms with Crippen LogP contribution in [0.15, 0.2) is 12.4 Å². The van der Waals surface area contributed by atoms with E-state index in [0.29, 0.717) is 6.20 Å². The Labute approximate surface area is 78.5 Å². The fourth-order valence-corrected chi connectivity index (χ4v) is 0.922. The van der Waals surface area contributed by atoms with Gasteiger partial charge in [0.2, 0.25) is 0 Å². The van der Waals surface area contributed by atoms with E-state index in [2.05, 4.69) is 5.10 Å². The third-order valence-corrected chi connectivity index (χ3v) is 1.65. The molecule has 0 aromatic carbocycles. The van der Waals surface area contributed by atoms with Crippen LogP contribution in [0, 0.1) is 5.92 Å². The van der Waals surface area contributed by atoms with Crippen LogP contribution in [-0.4, -0.2) is 15.6 Å². The molecule has 1 heterocycles. The van der Waals surface area contributed by atoms with Gasteiger partial charge in [0.15, 0.2) is 5.78 Å². The number of alkyl halides is 3. The first-order chi connectivity index (χ1) is 6.32. The Kier molecular flexibility index (Phi) is 2.64. The van der Waals surface area contributed by atoms with Gasteiger partial charge in [-0.3, -0.25) is 4.79 Å². The smallest absolute Gasteiger partial charge is 0.294 e. The molecular formula is C8H9F3N2O. The minimum atomic E-state index is -4.56. The van der Waals surface area contributed by atoms with E-state index in [1.807, 2.05) is 0 Å². The first-order valence-electron chi connectivity index (χ1n) is 3.98. The van der Waals surface area contributed by atoms with Gasteiger partial charge in [-0.1, -0.05) is 13.8 Å². The van der Waals surface area contributed by atoms with Crippen molar-refractivity contribution in [2.24, 2.45) is 5.92 Å². The number of Topliss-reactive ketones (excluding diaryl/α,β-unsaturated/α-hetero) is 1. The summed E-state index contributed by atoms with van der Waals surface area (Å²) in [7, 11) is 0. The van der Waals surface area contributed by atoms with E-state index in [-0.39, 0.29) is 21.9 Å². The summed E-state index contributed by atoms with van der Waals surface area (Å²) in [4.78, 5) is 11.3. The second kappa shape index (κ2) is 3.43. The van der Waals surface area contributed by atoms with Gasteiger partial charge in [-0.25, -0.2) is 0 Å². The molecule has 0 aliphatic rings. The Morgan fingerprint density at radius 1 is 1.50 bits per heavy atom. The normalized spacial score (nSPS) is 12.1. The van der Waals surface area contributed by atoms with E-state index >= 15 is 0 Å². The van der Waals surface area contributed by atoms with Crippen molar-refractivity contribution in [1.29, 1.82) is 0 Å². The summed E-state index contributed by atoms with van der Waals surface area (Å²) in [5, 5.41) is 3.06. The molecule has 0 fully saturated rings. The van der Waals surface area contributed by atoms with Crippen LogP contribution < -0.4 is 0 Å². The summed E-state index contributed by atoms with van der Waals surface area (Å²) in [6, 6.07) is 0. The lowest BCUT2D eigenvalue weighted by molar-refractivity contribution is -0.212. The number of hydrogen-bond donors (Lipinski definition) is 0. The molecule has 1 aromatic rings. The third kappa shape index (κ3) is 2.12. The molecule has 0 saturated heterocycles. The quantitative estimate of drug-likeness (QED) is 0.695. The third-order valence-electron chi connectivity index (χ3n) is 1.65. The van der Waals surface area contributed by atoms with E-state index in [1.165, 1.54) is 0 Å². The van der Waals surface area contributed by atoms with Gasteiger partial charge in [-0.05, 0) is 0 Å². The van der Waals surface area contributed by atoms with E-state index < -0.39 is 6.30 Å². The van der Waals surface area contributed by atoms with Crippen molar-refractivity contribution < 1.29 is 18.0 Å². The van der Waals surface area contributed by atoms with Gasteiger partial charge in [0.25, 0.3) is 0 Å². The molecule has 0 unspecified atom stereocenters. The molecule has 0 atom stereocenters. The van der Waals surface area contributed by atoms with Gasteiger partial charge in [0.1, 0.15) is 0 Å². The number of carbonyl (C=O) groups is 1. The Morgan fingerprint density at radius 2 is 2.07 bits per heavy atom. The first kappa shape index (κ1) is 10.7. The summed E-state index contributed by atoms with van der Waals surface area (Å²) in [6.45, 7) is 3.24. The highest BCUT2D eigenvalue weighted by molar-refractivity contribution is 5.96. The highest BCUT2D eigenvalue weighted by Gasteiger charge is 2.32. The zero-order valence-corrected chi connectivity index (χ0v) is 7.67. The minimum absolute atomic E-state index is 0.0164. The van der Waals surface area contributed by atoms with Crippen molar-refractivity contribution in [3.63, 3.8) is 0 Å². The molecule has 0 saturated carbocycles. The van der Waals surface area contributed by atoms with Crippen LogP contribution in [0.25, 0.3) is 0 Å². The molecule has 3 nitrogen and oxygen atoms in total.